The minimum Gasteiger partial charge on any atom is -0.276 e. The first kappa shape index (κ1) is 10.3. The van der Waals surface area contributed by atoms with Gasteiger partial charge in [0.25, 0.3) is 5.24 Å². The molecular formula is C8H5Cl2IO. The minimum atomic E-state index is -0.514. The van der Waals surface area contributed by atoms with Gasteiger partial charge < -0.3 is 0 Å². The lowest BCUT2D eigenvalue weighted by Crippen LogP contribution is -1.93. The van der Waals surface area contributed by atoms with Crippen LogP contribution in [-0.4, -0.2) is 5.24 Å². The van der Waals surface area contributed by atoms with E-state index in [0.717, 1.165) is 9.13 Å². The van der Waals surface area contributed by atoms with Crippen molar-refractivity contribution in [1.29, 1.82) is 0 Å². The molecule has 1 aromatic carbocycles. The number of benzene rings is 1. The number of hydrogen-bond acceptors (Lipinski definition) is 1. The first-order valence-corrected chi connectivity index (χ1v) is 5.01. The SMILES string of the molecule is Cc1cc(C(=O)Cl)c(Cl)cc1I. The molecule has 0 saturated heterocycles. The third kappa shape index (κ3) is 2.12. The lowest BCUT2D eigenvalue weighted by Gasteiger charge is -2.02. The number of aryl methyl sites for hydroxylation is 1. The van der Waals surface area contributed by atoms with E-state index in [-0.39, 0.29) is 0 Å². The lowest BCUT2D eigenvalue weighted by atomic mass is 10.1. The van der Waals surface area contributed by atoms with Crippen LogP contribution in [0, 0.1) is 10.5 Å². The summed E-state index contributed by atoms with van der Waals surface area (Å²) in [5, 5.41) is -0.107. The molecule has 0 unspecified atom stereocenters. The van der Waals surface area contributed by atoms with E-state index < -0.39 is 5.24 Å². The number of halogens is 3. The summed E-state index contributed by atoms with van der Waals surface area (Å²) in [6.07, 6.45) is 0. The predicted octanol–water partition coefficient (Wildman–Crippen LogP) is 3.63. The Labute approximate surface area is 94.2 Å². The van der Waals surface area contributed by atoms with E-state index in [0.29, 0.717) is 10.6 Å². The van der Waals surface area contributed by atoms with Crippen LogP contribution in [0.4, 0.5) is 0 Å². The van der Waals surface area contributed by atoms with E-state index in [2.05, 4.69) is 22.6 Å². The largest absolute Gasteiger partial charge is 0.276 e. The Balaban J connectivity index is 3.33. The average Bonchev–Trinajstić information content (AvgIpc) is 1.96. The van der Waals surface area contributed by atoms with Crippen LogP contribution in [0.5, 0.6) is 0 Å². The number of carbonyl (C=O) groups excluding carboxylic acids is 1. The minimum absolute atomic E-state index is 0.372. The monoisotopic (exact) mass is 314 g/mol. The highest BCUT2D eigenvalue weighted by Gasteiger charge is 2.09. The van der Waals surface area contributed by atoms with Crippen LogP contribution in [0.15, 0.2) is 12.1 Å². The number of rotatable bonds is 1. The molecule has 0 bridgehead atoms. The van der Waals surface area contributed by atoms with Crippen LogP contribution < -0.4 is 0 Å². The van der Waals surface area contributed by atoms with E-state index in [9.17, 15) is 4.79 Å². The maximum Gasteiger partial charge on any atom is 0.253 e. The van der Waals surface area contributed by atoms with Crippen LogP contribution in [0.3, 0.4) is 0 Å². The molecule has 0 N–H and O–H groups in total. The summed E-state index contributed by atoms with van der Waals surface area (Å²) in [6.45, 7) is 1.90. The molecule has 0 heterocycles. The van der Waals surface area contributed by atoms with Crippen molar-refractivity contribution in [1.82, 2.24) is 0 Å². The standard InChI is InChI=1S/C8H5Cl2IO/c1-4-2-5(8(10)12)6(9)3-7(4)11/h2-3H,1H3. The van der Waals surface area contributed by atoms with E-state index in [1.165, 1.54) is 0 Å². The molecular weight excluding hydrogens is 310 g/mol. The molecule has 1 rings (SSSR count). The lowest BCUT2D eigenvalue weighted by molar-refractivity contribution is 0.108. The zero-order chi connectivity index (χ0) is 9.30. The second-order valence-electron chi connectivity index (χ2n) is 2.35. The maximum absolute atomic E-state index is 10.8. The smallest absolute Gasteiger partial charge is 0.253 e. The number of hydrogen-bond donors (Lipinski definition) is 0. The molecule has 1 nitrogen and oxygen atoms in total. The summed E-state index contributed by atoms with van der Waals surface area (Å²) < 4.78 is 1.03. The molecule has 0 atom stereocenters. The summed E-state index contributed by atoms with van der Waals surface area (Å²) in [5.41, 5.74) is 1.38. The van der Waals surface area contributed by atoms with Gasteiger partial charge in [0.15, 0.2) is 0 Å². The molecule has 4 heteroatoms. The topological polar surface area (TPSA) is 17.1 Å². The van der Waals surface area contributed by atoms with E-state index >= 15 is 0 Å². The fourth-order valence-corrected chi connectivity index (χ4v) is 1.91. The molecule has 0 amide bonds. The zero-order valence-corrected chi connectivity index (χ0v) is 9.87. The second kappa shape index (κ2) is 3.94. The van der Waals surface area contributed by atoms with Crippen molar-refractivity contribution in [2.75, 3.05) is 0 Å². The third-order valence-electron chi connectivity index (χ3n) is 1.46. The molecule has 64 valence electrons. The van der Waals surface area contributed by atoms with Gasteiger partial charge in [0, 0.05) is 3.57 Å². The van der Waals surface area contributed by atoms with Crippen molar-refractivity contribution in [2.45, 2.75) is 6.92 Å². The molecule has 0 aliphatic rings. The molecule has 0 saturated carbocycles. The summed E-state index contributed by atoms with van der Waals surface area (Å²) in [5.74, 6) is 0. The Bertz CT molecular complexity index is 336. The van der Waals surface area contributed by atoms with E-state index in [1.807, 2.05) is 6.92 Å². The van der Waals surface area contributed by atoms with Crippen LogP contribution >= 0.6 is 45.8 Å². The van der Waals surface area contributed by atoms with Gasteiger partial charge >= 0.3 is 0 Å². The summed E-state index contributed by atoms with van der Waals surface area (Å²) in [4.78, 5) is 10.8. The van der Waals surface area contributed by atoms with E-state index in [4.69, 9.17) is 23.2 Å². The van der Waals surface area contributed by atoms with Gasteiger partial charge in [-0.3, -0.25) is 4.79 Å². The van der Waals surface area contributed by atoms with Crippen LogP contribution in [0.1, 0.15) is 15.9 Å². The predicted molar refractivity (Wildman–Crippen MR) is 59.1 cm³/mol. The van der Waals surface area contributed by atoms with E-state index in [1.54, 1.807) is 12.1 Å². The molecule has 0 aliphatic heterocycles. The maximum atomic E-state index is 10.8. The van der Waals surface area contributed by atoms with Crippen LogP contribution in [0.25, 0.3) is 0 Å². The van der Waals surface area contributed by atoms with Crippen molar-refractivity contribution >= 4 is 51.0 Å². The van der Waals surface area contributed by atoms with Crippen LogP contribution in [0.2, 0.25) is 5.02 Å². The van der Waals surface area contributed by atoms with Gasteiger partial charge in [-0.1, -0.05) is 11.6 Å². The Kier molecular flexibility index (Phi) is 3.37. The molecule has 1 aromatic rings. The molecule has 0 aliphatic carbocycles. The molecule has 0 radical (unpaired) electrons. The third-order valence-corrected chi connectivity index (χ3v) is 3.14. The van der Waals surface area contributed by atoms with Gasteiger partial charge in [-0.15, -0.1) is 0 Å². The van der Waals surface area contributed by atoms with Crippen molar-refractivity contribution in [3.05, 3.63) is 31.9 Å². The fraction of sp³-hybridized carbons (Fsp3) is 0.125. The molecule has 0 fully saturated rings. The highest BCUT2D eigenvalue weighted by Crippen LogP contribution is 2.23. The Hall–Kier alpha value is 0.200. The second-order valence-corrected chi connectivity index (χ2v) is 4.27. The average molecular weight is 315 g/mol. The van der Waals surface area contributed by atoms with Gasteiger partial charge in [-0.25, -0.2) is 0 Å². The Morgan fingerprint density at radius 3 is 2.58 bits per heavy atom. The highest BCUT2D eigenvalue weighted by atomic mass is 127. The molecule has 12 heavy (non-hydrogen) atoms. The number of carbonyl (C=O) groups is 1. The fourth-order valence-electron chi connectivity index (χ4n) is 0.808. The van der Waals surface area contributed by atoms with Crippen molar-refractivity contribution in [3.8, 4) is 0 Å². The van der Waals surface area contributed by atoms with Gasteiger partial charge in [0.05, 0.1) is 10.6 Å². The Morgan fingerprint density at radius 2 is 2.08 bits per heavy atom. The molecule has 0 spiro atoms. The van der Waals surface area contributed by atoms with Crippen molar-refractivity contribution in [2.24, 2.45) is 0 Å². The van der Waals surface area contributed by atoms with Crippen molar-refractivity contribution in [3.63, 3.8) is 0 Å². The van der Waals surface area contributed by atoms with Gasteiger partial charge in [-0.05, 0) is 58.8 Å². The first-order chi connectivity index (χ1) is 5.52. The first-order valence-electron chi connectivity index (χ1n) is 3.18. The Morgan fingerprint density at radius 1 is 1.50 bits per heavy atom. The van der Waals surface area contributed by atoms with Crippen molar-refractivity contribution < 1.29 is 4.79 Å². The summed E-state index contributed by atoms with van der Waals surface area (Å²) in [7, 11) is 0. The molecule has 0 aromatic heterocycles. The van der Waals surface area contributed by atoms with Gasteiger partial charge in [0.2, 0.25) is 0 Å². The summed E-state index contributed by atoms with van der Waals surface area (Å²) >= 11 is 13.2. The highest BCUT2D eigenvalue weighted by molar-refractivity contribution is 14.1. The normalized spacial score (nSPS) is 10.0. The van der Waals surface area contributed by atoms with Gasteiger partial charge in [0.1, 0.15) is 0 Å². The van der Waals surface area contributed by atoms with Gasteiger partial charge in [-0.2, -0.15) is 0 Å². The zero-order valence-electron chi connectivity index (χ0n) is 6.20. The summed E-state index contributed by atoms with van der Waals surface area (Å²) in [6, 6.07) is 3.42. The van der Waals surface area contributed by atoms with Crippen LogP contribution in [-0.2, 0) is 0 Å². The quantitative estimate of drug-likeness (QED) is 0.571.